The van der Waals surface area contributed by atoms with Crippen molar-refractivity contribution in [2.24, 2.45) is 0 Å². The SMILES string of the molecule is CCCCCCCC/C=C\CCCCCC(=O)OCC1OC(OC2C(OC(=O)CCCCCCCCCCCCCCCCCC)C(O)C(O)C(OC3OC(CO)C(O)C(O)C3O)C2OP(=O)(O)OCC(COC(=O)CCCCCCCCCCCCCCC)OC(=O)CCCCC/C=C\CCCCCCCC)C(O)C(O)C1O. The van der Waals surface area contributed by atoms with E-state index in [9.17, 15) is 74.6 Å². The largest absolute Gasteiger partial charge is 0.472 e. The number of ether oxygens (including phenoxy) is 8. The maximum Gasteiger partial charge on any atom is 0.472 e. The number of unbranched alkanes of at least 4 members (excludes halogenated alkanes) is 45. The highest BCUT2D eigenvalue weighted by molar-refractivity contribution is 7.47. The predicted octanol–water partition coefficient (Wildman–Crippen LogP) is 16.2. The van der Waals surface area contributed by atoms with Crippen LogP contribution < -0.4 is 0 Å². The molecule has 114 heavy (non-hydrogen) atoms. The maximum absolute atomic E-state index is 14.9. The van der Waals surface area contributed by atoms with Crippen molar-refractivity contribution < 1.29 is 122 Å². The summed E-state index contributed by atoms with van der Waals surface area (Å²) in [6.07, 6.45) is 26.2. The van der Waals surface area contributed by atoms with E-state index < -0.39 is 162 Å². The Kier molecular flexibility index (Phi) is 62.3. The fraction of sp³-hybridized carbons (Fsp3) is 0.909. The average Bonchev–Trinajstić information content (AvgIpc) is 0.755. The smallest absolute Gasteiger partial charge is 0.463 e. The Morgan fingerprint density at radius 3 is 1.05 bits per heavy atom. The van der Waals surface area contributed by atoms with Gasteiger partial charge in [0.05, 0.1) is 13.2 Å². The molecule has 2 saturated heterocycles. The van der Waals surface area contributed by atoms with E-state index in [1.54, 1.807) is 0 Å². The number of allylic oxidation sites excluding steroid dienone is 4. The van der Waals surface area contributed by atoms with Gasteiger partial charge in [-0.05, 0) is 77.0 Å². The predicted molar refractivity (Wildman–Crippen MR) is 439 cm³/mol. The van der Waals surface area contributed by atoms with Crippen LogP contribution in [0.3, 0.4) is 0 Å². The molecule has 26 heteroatoms. The van der Waals surface area contributed by atoms with Gasteiger partial charge >= 0.3 is 31.7 Å². The summed E-state index contributed by atoms with van der Waals surface area (Å²) in [5.41, 5.74) is 0. The molecule has 10 N–H and O–H groups in total. The fourth-order valence-corrected chi connectivity index (χ4v) is 15.9. The molecule has 0 aromatic carbocycles. The zero-order chi connectivity index (χ0) is 83.2. The molecule has 1 aliphatic carbocycles. The number of rotatable bonds is 73. The zero-order valence-electron chi connectivity index (χ0n) is 70.9. The van der Waals surface area contributed by atoms with Crippen LogP contribution in [-0.4, -0.2) is 205 Å². The Balaban J connectivity index is 1.94. The van der Waals surface area contributed by atoms with E-state index in [1.807, 2.05) is 0 Å². The minimum atomic E-state index is -5.81. The lowest BCUT2D eigenvalue weighted by Gasteiger charge is -2.50. The molecule has 0 radical (unpaired) electrons. The summed E-state index contributed by atoms with van der Waals surface area (Å²) in [6, 6.07) is 0. The number of carbonyl (C=O) groups is 4. The van der Waals surface area contributed by atoms with Crippen molar-refractivity contribution in [1.29, 1.82) is 0 Å². The standard InChI is InChI=1S/C88H161O25P/c1-5-9-13-17-21-25-29-33-34-35-39-43-47-51-55-59-63-74(93)110-83-79(98)80(99)84(111-87-81(100)77(96)75(94)69(64-89)108-87)86(85(83)112-88-82(101)78(97)76(95)70(109-88)67-105-72(91)61-57-53-49-45-41-37-31-27-23-19-15-11-7-3)113-114(102,103)106-66-68(107-73(92)62-58-54-50-46-42-38-32-28-24-20-16-12-8-4)65-104-71(90)60-56-52-48-44-40-36-30-26-22-18-14-10-6-2/h37-38,41-42,68-70,75-89,94-101H,5-36,39-40,43-67H2,1-4H3,(H,102,103)/b41-37-,42-38-. The monoisotopic (exact) mass is 1650 g/mol. The van der Waals surface area contributed by atoms with Gasteiger partial charge in [0.1, 0.15) is 92.6 Å². The second-order valence-corrected chi connectivity index (χ2v) is 33.9. The highest BCUT2D eigenvalue weighted by Crippen LogP contribution is 2.49. The second kappa shape index (κ2) is 67.6. The minimum absolute atomic E-state index is 0.00609. The van der Waals surface area contributed by atoms with E-state index in [4.69, 9.17) is 46.9 Å². The molecular weight excluding hydrogens is 1490 g/mol. The Morgan fingerprint density at radius 2 is 0.658 bits per heavy atom. The molecular formula is C88H161O25P. The van der Waals surface area contributed by atoms with Crippen LogP contribution in [0.15, 0.2) is 24.3 Å². The maximum atomic E-state index is 14.9. The lowest BCUT2D eigenvalue weighted by Crippen LogP contribution is -2.70. The third kappa shape index (κ3) is 47.8. The Bertz CT molecular complexity index is 2480. The summed E-state index contributed by atoms with van der Waals surface area (Å²) in [5.74, 6) is -3.00. The van der Waals surface area contributed by atoms with Gasteiger partial charge < -0.3 is 88.7 Å². The first-order valence-electron chi connectivity index (χ1n) is 45.6. The summed E-state index contributed by atoms with van der Waals surface area (Å²) in [5, 5.41) is 102. The molecule has 1 saturated carbocycles. The second-order valence-electron chi connectivity index (χ2n) is 32.5. The lowest BCUT2D eigenvalue weighted by molar-refractivity contribution is -0.360. The first-order valence-corrected chi connectivity index (χ1v) is 47.1. The van der Waals surface area contributed by atoms with Gasteiger partial charge in [-0.15, -0.1) is 0 Å². The molecule has 2 heterocycles. The molecule has 18 atom stereocenters. The van der Waals surface area contributed by atoms with Gasteiger partial charge in [0, 0.05) is 25.7 Å². The molecule has 25 nitrogen and oxygen atoms in total. The third-order valence-corrected chi connectivity index (χ3v) is 23.2. The quantitative estimate of drug-likeness (QED) is 0.00889. The van der Waals surface area contributed by atoms with E-state index in [2.05, 4.69) is 52.0 Å². The Hall–Kier alpha value is -3.05. The minimum Gasteiger partial charge on any atom is -0.463 e. The first kappa shape index (κ1) is 105. The summed E-state index contributed by atoms with van der Waals surface area (Å²) in [6.45, 7) is 5.54. The Labute approximate surface area is 685 Å². The molecule has 668 valence electrons. The summed E-state index contributed by atoms with van der Waals surface area (Å²) in [4.78, 5) is 66.3. The van der Waals surface area contributed by atoms with Crippen molar-refractivity contribution in [3.05, 3.63) is 24.3 Å². The van der Waals surface area contributed by atoms with Crippen LogP contribution in [0.4, 0.5) is 0 Å². The number of carbonyl (C=O) groups excluding carboxylic acids is 4. The first-order chi connectivity index (χ1) is 55.2. The molecule has 0 aromatic rings. The van der Waals surface area contributed by atoms with E-state index in [0.717, 1.165) is 116 Å². The van der Waals surface area contributed by atoms with Crippen LogP contribution >= 0.6 is 7.82 Å². The van der Waals surface area contributed by atoms with Gasteiger partial charge in [0.15, 0.2) is 24.8 Å². The van der Waals surface area contributed by atoms with Gasteiger partial charge in [-0.2, -0.15) is 0 Å². The van der Waals surface area contributed by atoms with E-state index in [1.165, 1.54) is 167 Å². The number of aliphatic hydroxyl groups excluding tert-OH is 9. The molecule has 2 aliphatic heterocycles. The van der Waals surface area contributed by atoms with Crippen LogP contribution in [0.2, 0.25) is 0 Å². The highest BCUT2D eigenvalue weighted by Gasteiger charge is 2.60. The van der Waals surface area contributed by atoms with Gasteiger partial charge in [-0.3, -0.25) is 28.2 Å². The van der Waals surface area contributed by atoms with Gasteiger partial charge in [0.2, 0.25) is 0 Å². The summed E-state index contributed by atoms with van der Waals surface area (Å²) >= 11 is 0. The van der Waals surface area contributed by atoms with E-state index in [-0.39, 0.29) is 25.7 Å². The molecule has 0 spiro atoms. The van der Waals surface area contributed by atoms with Crippen molar-refractivity contribution >= 4 is 31.7 Å². The highest BCUT2D eigenvalue weighted by atomic mass is 31.2. The number of phosphoric acid groups is 1. The fourth-order valence-electron chi connectivity index (χ4n) is 14.9. The van der Waals surface area contributed by atoms with Crippen molar-refractivity contribution in [3.8, 4) is 0 Å². The summed E-state index contributed by atoms with van der Waals surface area (Å²) < 4.78 is 73.2. The number of aliphatic hydroxyl groups is 9. The molecule has 0 bridgehead atoms. The van der Waals surface area contributed by atoms with E-state index >= 15 is 0 Å². The van der Waals surface area contributed by atoms with Crippen LogP contribution in [0.5, 0.6) is 0 Å². The van der Waals surface area contributed by atoms with Gasteiger partial charge in [-0.25, -0.2) is 4.57 Å². The average molecular weight is 1650 g/mol. The normalized spacial score (nSPS) is 25.5. The third-order valence-electron chi connectivity index (χ3n) is 22.2. The summed E-state index contributed by atoms with van der Waals surface area (Å²) in [7, 11) is -5.81. The molecule has 3 fully saturated rings. The number of phosphoric ester groups is 1. The number of hydrogen-bond donors (Lipinski definition) is 10. The molecule has 3 aliphatic rings. The molecule has 0 aromatic heterocycles. The molecule has 3 rings (SSSR count). The lowest BCUT2D eigenvalue weighted by atomic mass is 9.84. The van der Waals surface area contributed by atoms with E-state index in [0.29, 0.717) is 44.9 Å². The van der Waals surface area contributed by atoms with Gasteiger partial charge in [-0.1, -0.05) is 302 Å². The number of hydrogen-bond acceptors (Lipinski definition) is 24. The molecule has 0 amide bonds. The van der Waals surface area contributed by atoms with Gasteiger partial charge in [0.25, 0.3) is 0 Å². The topological polar surface area (TPSA) is 380 Å². The van der Waals surface area contributed by atoms with Crippen molar-refractivity contribution in [2.75, 3.05) is 26.4 Å². The van der Waals surface area contributed by atoms with Crippen LogP contribution in [-0.2, 0) is 70.7 Å². The van der Waals surface area contributed by atoms with Crippen LogP contribution in [0, 0.1) is 0 Å². The van der Waals surface area contributed by atoms with Crippen LogP contribution in [0.25, 0.3) is 0 Å². The van der Waals surface area contributed by atoms with Crippen molar-refractivity contribution in [1.82, 2.24) is 0 Å². The Morgan fingerprint density at radius 1 is 0.342 bits per heavy atom. The number of esters is 4. The van der Waals surface area contributed by atoms with Crippen LogP contribution in [0.1, 0.15) is 381 Å². The van der Waals surface area contributed by atoms with Crippen molar-refractivity contribution in [3.63, 3.8) is 0 Å². The molecule has 18 unspecified atom stereocenters. The van der Waals surface area contributed by atoms with Crippen molar-refractivity contribution in [2.45, 2.75) is 485 Å². The zero-order valence-corrected chi connectivity index (χ0v) is 71.8.